The van der Waals surface area contributed by atoms with E-state index in [0.717, 1.165) is 41.7 Å². The highest BCUT2D eigenvalue weighted by Gasteiger charge is 2.13. The largest absolute Gasteiger partial charge is 0.307 e. The Bertz CT molecular complexity index is 1270. The zero-order chi connectivity index (χ0) is 21.9. The van der Waals surface area contributed by atoms with Gasteiger partial charge in [0.15, 0.2) is 0 Å². The van der Waals surface area contributed by atoms with Crippen LogP contribution in [-0.2, 0) is 6.54 Å². The molecule has 1 fully saturated rings. The number of carbonyl (C=O) groups excluding carboxylic acids is 1. The summed E-state index contributed by atoms with van der Waals surface area (Å²) in [6.07, 6.45) is 9.70. The number of benzene rings is 1. The second-order valence-electron chi connectivity index (χ2n) is 8.01. The van der Waals surface area contributed by atoms with Crippen molar-refractivity contribution in [3.63, 3.8) is 0 Å². The van der Waals surface area contributed by atoms with Gasteiger partial charge in [0.2, 0.25) is 0 Å². The number of halogens is 1. The van der Waals surface area contributed by atoms with Gasteiger partial charge < -0.3 is 5.32 Å². The molecule has 32 heavy (non-hydrogen) atoms. The Morgan fingerprint density at radius 2 is 1.72 bits per heavy atom. The van der Waals surface area contributed by atoms with E-state index in [1.54, 1.807) is 12.4 Å². The Morgan fingerprint density at radius 3 is 2.53 bits per heavy atom. The van der Waals surface area contributed by atoms with Crippen LogP contribution in [0.5, 0.6) is 0 Å². The Labute approximate surface area is 185 Å². The van der Waals surface area contributed by atoms with E-state index in [1.807, 2.05) is 24.5 Å². The molecule has 0 spiro atoms. The molecule has 1 N–H and O–H groups in total. The second kappa shape index (κ2) is 8.80. The lowest BCUT2D eigenvalue weighted by Gasteiger charge is -2.14. The molecule has 1 aliphatic heterocycles. The third-order valence-electron chi connectivity index (χ3n) is 5.65. The number of nitrogens with zero attached hydrogens (tertiary/aromatic N) is 4. The standard InChI is InChI=1S/C25H22FN5O/c26-22-5-3-18(4-6-22)25(32)30-24-11-19-10-23(28-14-21(19)15-29-24)20-9-17(12-27-13-20)16-31-7-1-2-8-31/h3-6,9-15H,1-2,7-8,16H2,(H,29,30,32). The van der Waals surface area contributed by atoms with Gasteiger partial charge in [0.25, 0.3) is 5.91 Å². The molecule has 1 amide bonds. The predicted molar refractivity (Wildman–Crippen MR) is 122 cm³/mol. The minimum atomic E-state index is -0.385. The van der Waals surface area contributed by atoms with Crippen LogP contribution in [0, 0.1) is 5.82 Å². The van der Waals surface area contributed by atoms with Crippen LogP contribution in [0.1, 0.15) is 28.8 Å². The number of hydrogen-bond acceptors (Lipinski definition) is 5. The molecule has 1 aliphatic rings. The Hall–Kier alpha value is -3.71. The molecule has 0 atom stereocenters. The number of anilines is 1. The third-order valence-corrected chi connectivity index (χ3v) is 5.65. The highest BCUT2D eigenvalue weighted by molar-refractivity contribution is 6.04. The maximum atomic E-state index is 13.1. The highest BCUT2D eigenvalue weighted by atomic mass is 19.1. The topological polar surface area (TPSA) is 71.0 Å². The fourth-order valence-corrected chi connectivity index (χ4v) is 3.97. The van der Waals surface area contributed by atoms with Crippen LogP contribution >= 0.6 is 0 Å². The van der Waals surface area contributed by atoms with Crippen LogP contribution in [0.3, 0.4) is 0 Å². The molecule has 6 nitrogen and oxygen atoms in total. The van der Waals surface area contributed by atoms with E-state index in [2.05, 4.69) is 31.2 Å². The van der Waals surface area contributed by atoms with Crippen LogP contribution < -0.4 is 5.32 Å². The van der Waals surface area contributed by atoms with Crippen molar-refractivity contribution in [1.82, 2.24) is 19.9 Å². The van der Waals surface area contributed by atoms with Crippen LogP contribution in [0.4, 0.5) is 10.2 Å². The van der Waals surface area contributed by atoms with Crippen molar-refractivity contribution >= 4 is 22.5 Å². The average molecular weight is 427 g/mol. The minimum absolute atomic E-state index is 0.343. The average Bonchev–Trinajstić information content (AvgIpc) is 3.32. The molecule has 3 aromatic heterocycles. The summed E-state index contributed by atoms with van der Waals surface area (Å²) in [4.78, 5) is 28.2. The summed E-state index contributed by atoms with van der Waals surface area (Å²) in [5.41, 5.74) is 3.31. The molecule has 1 saturated heterocycles. The number of hydrogen-bond donors (Lipinski definition) is 1. The molecule has 7 heteroatoms. The van der Waals surface area contributed by atoms with E-state index in [1.165, 1.54) is 42.7 Å². The van der Waals surface area contributed by atoms with Crippen molar-refractivity contribution < 1.29 is 9.18 Å². The van der Waals surface area contributed by atoms with Gasteiger partial charge in [0, 0.05) is 47.8 Å². The van der Waals surface area contributed by atoms with Gasteiger partial charge >= 0.3 is 0 Å². The lowest BCUT2D eigenvalue weighted by molar-refractivity contribution is 0.102. The number of likely N-dealkylation sites (tertiary alicyclic amines) is 1. The normalized spacial score (nSPS) is 14.0. The Balaban J connectivity index is 1.38. The maximum absolute atomic E-state index is 13.1. The molecule has 4 aromatic rings. The van der Waals surface area contributed by atoms with Gasteiger partial charge in [-0.15, -0.1) is 0 Å². The summed E-state index contributed by atoms with van der Waals surface area (Å²) < 4.78 is 13.1. The summed E-state index contributed by atoms with van der Waals surface area (Å²) in [6.45, 7) is 3.17. The van der Waals surface area contributed by atoms with Crippen molar-refractivity contribution in [1.29, 1.82) is 0 Å². The summed E-state index contributed by atoms with van der Waals surface area (Å²) in [5.74, 6) is -0.306. The molecule has 0 aliphatic carbocycles. The highest BCUT2D eigenvalue weighted by Crippen LogP contribution is 2.24. The van der Waals surface area contributed by atoms with Gasteiger partial charge in [-0.1, -0.05) is 0 Å². The molecule has 0 radical (unpaired) electrons. The number of nitrogens with one attached hydrogen (secondary N) is 1. The summed E-state index contributed by atoms with van der Waals surface area (Å²) in [7, 11) is 0. The van der Waals surface area contributed by atoms with Gasteiger partial charge in [0.05, 0.1) is 5.69 Å². The van der Waals surface area contributed by atoms with Crippen LogP contribution in [0.25, 0.3) is 22.0 Å². The molecule has 0 unspecified atom stereocenters. The monoisotopic (exact) mass is 427 g/mol. The van der Waals surface area contributed by atoms with Crippen LogP contribution in [0.15, 0.2) is 67.3 Å². The fourth-order valence-electron chi connectivity index (χ4n) is 3.97. The third kappa shape index (κ3) is 4.48. The SMILES string of the molecule is O=C(Nc1cc2cc(-c3cncc(CN4CCCC4)c3)ncc2cn1)c1ccc(F)cc1. The van der Waals surface area contributed by atoms with Gasteiger partial charge in [-0.2, -0.15) is 0 Å². The number of aromatic nitrogens is 3. The molecule has 4 heterocycles. The predicted octanol–water partition coefficient (Wildman–Crippen LogP) is 4.68. The van der Waals surface area contributed by atoms with Gasteiger partial charge in [-0.25, -0.2) is 9.37 Å². The Kier molecular flexibility index (Phi) is 5.56. The number of pyridine rings is 3. The zero-order valence-electron chi connectivity index (χ0n) is 17.5. The van der Waals surface area contributed by atoms with Crippen LogP contribution in [0.2, 0.25) is 0 Å². The lowest BCUT2D eigenvalue weighted by Crippen LogP contribution is -2.18. The van der Waals surface area contributed by atoms with Gasteiger partial charge in [0.1, 0.15) is 11.6 Å². The minimum Gasteiger partial charge on any atom is -0.307 e. The van der Waals surface area contributed by atoms with E-state index < -0.39 is 0 Å². The molecule has 5 rings (SSSR count). The molecular weight excluding hydrogens is 405 g/mol. The van der Waals surface area contributed by atoms with Crippen LogP contribution in [-0.4, -0.2) is 38.8 Å². The van der Waals surface area contributed by atoms with E-state index in [4.69, 9.17) is 0 Å². The summed E-state index contributed by atoms with van der Waals surface area (Å²) >= 11 is 0. The van der Waals surface area contributed by atoms with E-state index >= 15 is 0 Å². The van der Waals surface area contributed by atoms with Crippen molar-refractivity contribution in [3.05, 3.63) is 84.2 Å². The fraction of sp³-hybridized carbons (Fsp3) is 0.200. The first kappa shape index (κ1) is 20.2. The van der Waals surface area contributed by atoms with Gasteiger partial charge in [-0.3, -0.25) is 19.7 Å². The first-order chi connectivity index (χ1) is 15.6. The van der Waals surface area contributed by atoms with E-state index in [9.17, 15) is 9.18 Å². The van der Waals surface area contributed by atoms with Crippen molar-refractivity contribution in [2.45, 2.75) is 19.4 Å². The first-order valence-electron chi connectivity index (χ1n) is 10.6. The van der Waals surface area contributed by atoms with Crippen molar-refractivity contribution in [2.24, 2.45) is 0 Å². The van der Waals surface area contributed by atoms with E-state index in [0.29, 0.717) is 11.4 Å². The quantitative estimate of drug-likeness (QED) is 0.501. The summed E-state index contributed by atoms with van der Waals surface area (Å²) in [6, 6.07) is 11.3. The molecule has 160 valence electrons. The molecule has 1 aromatic carbocycles. The molecule has 0 saturated carbocycles. The number of rotatable bonds is 5. The number of carbonyl (C=O) groups is 1. The lowest BCUT2D eigenvalue weighted by atomic mass is 10.1. The second-order valence-corrected chi connectivity index (χ2v) is 8.01. The number of fused-ring (bicyclic) bond motifs is 1. The summed E-state index contributed by atoms with van der Waals surface area (Å²) in [5, 5.41) is 4.54. The Morgan fingerprint density at radius 1 is 0.938 bits per heavy atom. The number of amides is 1. The van der Waals surface area contributed by atoms with Crippen molar-refractivity contribution in [2.75, 3.05) is 18.4 Å². The smallest absolute Gasteiger partial charge is 0.256 e. The molecular formula is C25H22FN5O. The maximum Gasteiger partial charge on any atom is 0.256 e. The zero-order valence-corrected chi connectivity index (χ0v) is 17.5. The van der Waals surface area contributed by atoms with E-state index in [-0.39, 0.29) is 11.7 Å². The van der Waals surface area contributed by atoms with Crippen molar-refractivity contribution in [3.8, 4) is 11.3 Å². The van der Waals surface area contributed by atoms with Gasteiger partial charge in [-0.05, 0) is 79.3 Å². The first-order valence-corrected chi connectivity index (χ1v) is 10.6. The molecule has 0 bridgehead atoms.